The van der Waals surface area contributed by atoms with Crippen LogP contribution in [0.25, 0.3) is 0 Å². The molecule has 0 saturated carbocycles. The van der Waals surface area contributed by atoms with Gasteiger partial charge in [0.15, 0.2) is 0 Å². The molecule has 0 heterocycles. The van der Waals surface area contributed by atoms with Gasteiger partial charge in [0.05, 0.1) is 0 Å². The molecule has 0 aromatic carbocycles. The van der Waals surface area contributed by atoms with E-state index in [1.807, 2.05) is 6.55 Å². The van der Waals surface area contributed by atoms with Crippen LogP contribution >= 0.6 is 22.2 Å². The number of hydrogen-bond donors (Lipinski definition) is 0. The van der Waals surface area contributed by atoms with Crippen molar-refractivity contribution in [2.24, 2.45) is 0 Å². The molecule has 0 fully saturated rings. The van der Waals surface area contributed by atoms with E-state index >= 15 is 0 Å². The maximum absolute atomic E-state index is 5.67. The summed E-state index contributed by atoms with van der Waals surface area (Å²) in [6, 6.07) is 0.774. The third-order valence-electron chi connectivity index (χ3n) is 3.46. The molecule has 0 aromatic rings. The smallest absolute Gasteiger partial charge is 0.146 e. The third kappa shape index (κ3) is 29.2. The second kappa shape index (κ2) is 18.6. The lowest BCUT2D eigenvalue weighted by Gasteiger charge is -2.02. The van der Waals surface area contributed by atoms with Gasteiger partial charge in [-0.05, 0) is 12.6 Å². The molecular weight excluding hydrogens is 315 g/mol. The zero-order valence-corrected chi connectivity index (χ0v) is 17.2. The molecule has 128 valence electrons. The number of rotatable bonds is 13. The summed E-state index contributed by atoms with van der Waals surface area (Å²) in [5.41, 5.74) is 0. The molecule has 0 atom stereocenters. The van der Waals surface area contributed by atoms with Crippen LogP contribution in [-0.2, 0) is 0 Å². The molecule has 0 aliphatic heterocycles. The normalized spacial score (nSPS) is 10.9. The van der Waals surface area contributed by atoms with Crippen LogP contribution in [0.15, 0.2) is 12.7 Å². The highest BCUT2D eigenvalue weighted by atomic mass is 35.7. The number of halogens is 2. The van der Waals surface area contributed by atoms with E-state index in [1.54, 1.807) is 6.08 Å². The van der Waals surface area contributed by atoms with Crippen molar-refractivity contribution in [1.29, 1.82) is 0 Å². The molecule has 0 rings (SSSR count). The summed E-state index contributed by atoms with van der Waals surface area (Å²) >= 11 is 11.3. The van der Waals surface area contributed by atoms with E-state index in [9.17, 15) is 0 Å². The Labute approximate surface area is 145 Å². The Hall–Kier alpha value is 0.537. The fourth-order valence-corrected chi connectivity index (χ4v) is 3.33. The highest BCUT2D eigenvalue weighted by Gasteiger charge is 2.17. The van der Waals surface area contributed by atoms with Gasteiger partial charge < -0.3 is 0 Å². The Morgan fingerprint density at radius 3 is 1.14 bits per heavy atom. The summed E-state index contributed by atoms with van der Waals surface area (Å²) in [5, 5.41) is 0. The van der Waals surface area contributed by atoms with Gasteiger partial charge in [-0.1, -0.05) is 97.0 Å². The van der Waals surface area contributed by atoms with E-state index in [1.165, 1.54) is 77.0 Å². The quantitative estimate of drug-likeness (QED) is 0.135. The van der Waals surface area contributed by atoms with Crippen molar-refractivity contribution in [3.63, 3.8) is 0 Å². The first-order valence-electron chi connectivity index (χ1n) is 8.96. The average molecular weight is 353 g/mol. The van der Waals surface area contributed by atoms with Crippen LogP contribution in [0.1, 0.15) is 90.9 Å². The maximum Gasteiger partial charge on any atom is 0.252 e. The van der Waals surface area contributed by atoms with E-state index in [-0.39, 0.29) is 0 Å². The van der Waals surface area contributed by atoms with E-state index in [0.29, 0.717) is 0 Å². The van der Waals surface area contributed by atoms with Crippen molar-refractivity contribution in [2.45, 2.75) is 103 Å². The zero-order valence-electron chi connectivity index (χ0n) is 14.7. The topological polar surface area (TPSA) is 0 Å². The van der Waals surface area contributed by atoms with Gasteiger partial charge in [-0.15, -0.1) is 28.7 Å². The summed E-state index contributed by atoms with van der Waals surface area (Å²) in [5.74, 6) is 0. The van der Waals surface area contributed by atoms with Crippen LogP contribution in [0.3, 0.4) is 0 Å². The van der Waals surface area contributed by atoms with Gasteiger partial charge in [0.25, 0.3) is 6.69 Å². The highest BCUT2D eigenvalue weighted by molar-refractivity contribution is 7.45. The van der Waals surface area contributed by atoms with Crippen molar-refractivity contribution in [3.05, 3.63) is 12.7 Å². The van der Waals surface area contributed by atoms with E-state index in [0.717, 1.165) is 6.04 Å². The Morgan fingerprint density at radius 2 is 1.00 bits per heavy atom. The monoisotopic (exact) mass is 352 g/mol. The minimum absolute atomic E-state index is 0.774. The van der Waals surface area contributed by atoms with Crippen molar-refractivity contribution >= 4 is 28.9 Å². The van der Waals surface area contributed by atoms with Crippen LogP contribution in [-0.4, -0.2) is 6.69 Å². The molecule has 21 heavy (non-hydrogen) atoms. The molecular formula is C18H38Cl2Si. The predicted molar refractivity (Wildman–Crippen MR) is 105 cm³/mol. The first-order valence-corrected chi connectivity index (χ1v) is 13.7. The number of unbranched alkanes of at least 4 members (excludes halogenated alkanes) is 11. The highest BCUT2D eigenvalue weighted by Crippen LogP contribution is 2.18. The van der Waals surface area contributed by atoms with Crippen LogP contribution in [0, 0.1) is 0 Å². The second-order valence-electron chi connectivity index (χ2n) is 6.10. The van der Waals surface area contributed by atoms with Gasteiger partial charge in [-0.25, -0.2) is 0 Å². The molecule has 0 nitrogen and oxygen atoms in total. The Morgan fingerprint density at radius 1 is 0.714 bits per heavy atom. The molecule has 0 unspecified atom stereocenters. The predicted octanol–water partition coefficient (Wildman–Crippen LogP) is 8.43. The number of allylic oxidation sites excluding steroid dienone is 1. The van der Waals surface area contributed by atoms with Gasteiger partial charge in [-0.3, -0.25) is 0 Å². The van der Waals surface area contributed by atoms with Gasteiger partial charge in [0.2, 0.25) is 0 Å². The summed E-state index contributed by atoms with van der Waals surface area (Å²) in [4.78, 5) is 0. The van der Waals surface area contributed by atoms with Gasteiger partial charge in [0, 0.05) is 0 Å². The minimum Gasteiger partial charge on any atom is -0.146 e. The molecule has 0 aromatic heterocycles. The first kappa shape index (κ1) is 23.8. The van der Waals surface area contributed by atoms with Crippen molar-refractivity contribution < 1.29 is 0 Å². The molecule has 0 radical (unpaired) electrons. The van der Waals surface area contributed by atoms with Crippen molar-refractivity contribution in [1.82, 2.24) is 0 Å². The summed E-state index contributed by atoms with van der Waals surface area (Å²) in [6.07, 6.45) is 19.2. The van der Waals surface area contributed by atoms with Crippen LogP contribution in [0.2, 0.25) is 12.6 Å². The van der Waals surface area contributed by atoms with Crippen LogP contribution < -0.4 is 0 Å². The maximum atomic E-state index is 5.67. The SMILES string of the molecule is C=CC[Si](C)(Cl)Cl.CCCCCCCCCCCCCC. The standard InChI is InChI=1S/C14H30.C4H8Cl2Si/c1-3-5-7-9-11-13-14-12-10-8-6-4-2;1-3-4-7(2,5)6/h3-14H2,1-2H3;3H,1,4H2,2H3. The molecule has 0 spiro atoms. The molecule has 3 heteroatoms. The minimum atomic E-state index is -1.83. The first-order chi connectivity index (χ1) is 9.97. The largest absolute Gasteiger partial charge is 0.252 e. The fraction of sp³-hybridized carbons (Fsp3) is 0.889. The third-order valence-corrected chi connectivity index (χ3v) is 5.39. The van der Waals surface area contributed by atoms with Crippen molar-refractivity contribution in [3.8, 4) is 0 Å². The number of hydrogen-bond acceptors (Lipinski definition) is 0. The molecule has 0 aliphatic carbocycles. The lowest BCUT2D eigenvalue weighted by Crippen LogP contribution is -2.09. The Kier molecular flexibility index (Phi) is 21.1. The lowest BCUT2D eigenvalue weighted by atomic mass is 10.1. The molecule has 0 bridgehead atoms. The van der Waals surface area contributed by atoms with E-state index in [4.69, 9.17) is 22.2 Å². The van der Waals surface area contributed by atoms with Crippen molar-refractivity contribution in [2.75, 3.05) is 0 Å². The fourth-order valence-electron chi connectivity index (χ4n) is 2.17. The summed E-state index contributed by atoms with van der Waals surface area (Å²) in [6.45, 7) is 8.12. The summed E-state index contributed by atoms with van der Waals surface area (Å²) < 4.78 is 0. The zero-order chi connectivity index (χ0) is 16.4. The molecule has 0 aliphatic rings. The van der Waals surface area contributed by atoms with E-state index < -0.39 is 6.69 Å². The lowest BCUT2D eigenvalue weighted by molar-refractivity contribution is 0.548. The van der Waals surface area contributed by atoms with Crippen LogP contribution in [0.5, 0.6) is 0 Å². The van der Waals surface area contributed by atoms with Gasteiger partial charge >= 0.3 is 0 Å². The van der Waals surface area contributed by atoms with Gasteiger partial charge in [0.1, 0.15) is 0 Å². The molecule has 0 saturated heterocycles. The van der Waals surface area contributed by atoms with Crippen LogP contribution in [0.4, 0.5) is 0 Å². The van der Waals surface area contributed by atoms with Gasteiger partial charge in [-0.2, -0.15) is 0 Å². The molecule has 0 amide bonds. The Balaban J connectivity index is 0. The molecule has 0 N–H and O–H groups in total. The average Bonchev–Trinajstić information content (AvgIpc) is 2.40. The van der Waals surface area contributed by atoms with E-state index in [2.05, 4.69) is 20.4 Å². The summed E-state index contributed by atoms with van der Waals surface area (Å²) in [7, 11) is 0. The Bertz CT molecular complexity index is 188. The second-order valence-corrected chi connectivity index (χ2v) is 14.2.